The fraction of sp³-hybridized carbons (Fsp3) is 0.600. The van der Waals surface area contributed by atoms with Gasteiger partial charge < -0.3 is 10.5 Å². The Morgan fingerprint density at radius 1 is 1.37 bits per heavy atom. The summed E-state index contributed by atoms with van der Waals surface area (Å²) in [6.07, 6.45) is 1.26. The molecule has 0 aromatic heterocycles. The molecule has 1 heterocycles. The number of methoxy groups -OCH3 is 1. The summed E-state index contributed by atoms with van der Waals surface area (Å²) in [7, 11) is 1.74. The van der Waals surface area contributed by atoms with Crippen LogP contribution < -0.4 is 5.73 Å². The molecule has 1 saturated heterocycles. The standard InChI is InChI=1S/C15H24N2OS/c1-18-12-13-4-2-5-14(10-13)15(11-16)17-6-3-8-19-9-7-17/h2,4-5,10,15H,3,6-9,11-12,16H2,1H3. The van der Waals surface area contributed by atoms with Crippen molar-refractivity contribution in [1.82, 2.24) is 4.90 Å². The van der Waals surface area contributed by atoms with Crippen LogP contribution in [0.1, 0.15) is 23.6 Å². The Morgan fingerprint density at radius 3 is 3.05 bits per heavy atom. The zero-order valence-corrected chi connectivity index (χ0v) is 12.5. The normalized spacial score (nSPS) is 19.1. The number of thioether (sulfide) groups is 1. The van der Waals surface area contributed by atoms with Gasteiger partial charge in [0.25, 0.3) is 0 Å². The SMILES string of the molecule is COCc1cccc(C(CN)N2CCCSCC2)c1. The highest BCUT2D eigenvalue weighted by Gasteiger charge is 2.20. The molecule has 3 nitrogen and oxygen atoms in total. The van der Waals surface area contributed by atoms with Gasteiger partial charge in [-0.25, -0.2) is 0 Å². The van der Waals surface area contributed by atoms with Crippen molar-refractivity contribution in [3.63, 3.8) is 0 Å². The van der Waals surface area contributed by atoms with Gasteiger partial charge in [0.05, 0.1) is 6.61 Å². The molecule has 2 rings (SSSR count). The Kier molecular flexibility index (Phi) is 6.17. The predicted molar refractivity (Wildman–Crippen MR) is 82.5 cm³/mol. The number of hydrogen-bond acceptors (Lipinski definition) is 4. The van der Waals surface area contributed by atoms with E-state index in [1.165, 1.54) is 29.1 Å². The Morgan fingerprint density at radius 2 is 2.26 bits per heavy atom. The molecule has 106 valence electrons. The molecule has 1 unspecified atom stereocenters. The minimum absolute atomic E-state index is 0.343. The topological polar surface area (TPSA) is 38.5 Å². The lowest BCUT2D eigenvalue weighted by atomic mass is 10.0. The van der Waals surface area contributed by atoms with Gasteiger partial charge in [-0.15, -0.1) is 0 Å². The average Bonchev–Trinajstić information content (AvgIpc) is 2.70. The van der Waals surface area contributed by atoms with Crippen molar-refractivity contribution in [2.24, 2.45) is 5.73 Å². The molecular formula is C15H24N2OS. The van der Waals surface area contributed by atoms with E-state index in [0.29, 0.717) is 19.2 Å². The van der Waals surface area contributed by atoms with Crippen LogP contribution in [0.4, 0.5) is 0 Å². The molecule has 0 spiro atoms. The van der Waals surface area contributed by atoms with E-state index in [2.05, 4.69) is 40.9 Å². The summed E-state index contributed by atoms with van der Waals surface area (Å²) in [5.74, 6) is 2.49. The van der Waals surface area contributed by atoms with Crippen LogP contribution in [0.3, 0.4) is 0 Å². The van der Waals surface area contributed by atoms with Gasteiger partial charge in [0, 0.05) is 32.0 Å². The van der Waals surface area contributed by atoms with Crippen LogP contribution in [0.15, 0.2) is 24.3 Å². The second-order valence-electron chi connectivity index (χ2n) is 4.93. The van der Waals surface area contributed by atoms with Crippen LogP contribution in [-0.2, 0) is 11.3 Å². The van der Waals surface area contributed by atoms with E-state index < -0.39 is 0 Å². The van der Waals surface area contributed by atoms with Gasteiger partial charge in [-0.1, -0.05) is 24.3 Å². The molecule has 1 atom stereocenters. The van der Waals surface area contributed by atoms with Crippen molar-refractivity contribution in [2.75, 3.05) is 38.2 Å². The van der Waals surface area contributed by atoms with Gasteiger partial charge in [-0.3, -0.25) is 4.90 Å². The van der Waals surface area contributed by atoms with Crippen molar-refractivity contribution >= 4 is 11.8 Å². The van der Waals surface area contributed by atoms with Crippen molar-refractivity contribution < 1.29 is 4.74 Å². The quantitative estimate of drug-likeness (QED) is 0.898. The first kappa shape index (κ1) is 14.9. The second-order valence-corrected chi connectivity index (χ2v) is 6.16. The third-order valence-electron chi connectivity index (χ3n) is 3.57. The molecule has 0 aliphatic carbocycles. The Bertz CT molecular complexity index is 378. The third-order valence-corrected chi connectivity index (χ3v) is 4.62. The van der Waals surface area contributed by atoms with Gasteiger partial charge in [0.15, 0.2) is 0 Å². The van der Waals surface area contributed by atoms with Crippen molar-refractivity contribution in [3.8, 4) is 0 Å². The second kappa shape index (κ2) is 7.90. The van der Waals surface area contributed by atoms with E-state index >= 15 is 0 Å². The first-order valence-electron chi connectivity index (χ1n) is 6.95. The van der Waals surface area contributed by atoms with Crippen molar-refractivity contribution in [2.45, 2.75) is 19.1 Å². The molecule has 4 heteroatoms. The highest BCUT2D eigenvalue weighted by molar-refractivity contribution is 7.99. The van der Waals surface area contributed by atoms with E-state index in [-0.39, 0.29) is 0 Å². The largest absolute Gasteiger partial charge is 0.380 e. The van der Waals surface area contributed by atoms with Crippen LogP contribution in [-0.4, -0.2) is 43.1 Å². The molecule has 0 radical (unpaired) electrons. The van der Waals surface area contributed by atoms with Gasteiger partial charge in [0.2, 0.25) is 0 Å². The summed E-state index contributed by atoms with van der Waals surface area (Å²) in [5, 5.41) is 0. The summed E-state index contributed by atoms with van der Waals surface area (Å²) >= 11 is 2.05. The Labute approximate surface area is 120 Å². The molecule has 19 heavy (non-hydrogen) atoms. The summed E-state index contributed by atoms with van der Waals surface area (Å²) in [5.41, 5.74) is 8.58. The summed E-state index contributed by atoms with van der Waals surface area (Å²) in [6.45, 7) is 3.65. The van der Waals surface area contributed by atoms with Gasteiger partial charge >= 0.3 is 0 Å². The van der Waals surface area contributed by atoms with E-state index in [4.69, 9.17) is 10.5 Å². The summed E-state index contributed by atoms with van der Waals surface area (Å²) < 4.78 is 5.21. The van der Waals surface area contributed by atoms with Crippen LogP contribution in [0, 0.1) is 0 Å². The maximum Gasteiger partial charge on any atom is 0.0713 e. The monoisotopic (exact) mass is 280 g/mol. The van der Waals surface area contributed by atoms with Crippen LogP contribution >= 0.6 is 11.8 Å². The fourth-order valence-electron chi connectivity index (χ4n) is 2.63. The number of hydrogen-bond donors (Lipinski definition) is 1. The van der Waals surface area contributed by atoms with Crippen LogP contribution in [0.2, 0.25) is 0 Å². The number of nitrogens with zero attached hydrogens (tertiary/aromatic N) is 1. The van der Waals surface area contributed by atoms with Crippen molar-refractivity contribution in [3.05, 3.63) is 35.4 Å². The van der Waals surface area contributed by atoms with E-state index in [9.17, 15) is 0 Å². The molecule has 0 saturated carbocycles. The minimum Gasteiger partial charge on any atom is -0.380 e. The highest BCUT2D eigenvalue weighted by atomic mass is 32.2. The van der Waals surface area contributed by atoms with Crippen LogP contribution in [0.5, 0.6) is 0 Å². The number of nitrogens with two attached hydrogens (primary N) is 1. The van der Waals surface area contributed by atoms with Gasteiger partial charge in [0.1, 0.15) is 0 Å². The number of rotatable bonds is 5. The molecule has 2 N–H and O–H groups in total. The highest BCUT2D eigenvalue weighted by Crippen LogP contribution is 2.24. The maximum absolute atomic E-state index is 6.03. The molecule has 0 amide bonds. The molecule has 0 bridgehead atoms. The van der Waals surface area contributed by atoms with Gasteiger partial charge in [-0.2, -0.15) is 11.8 Å². The first-order valence-corrected chi connectivity index (χ1v) is 8.10. The molecular weight excluding hydrogens is 256 g/mol. The lowest BCUT2D eigenvalue weighted by Gasteiger charge is -2.30. The molecule has 1 aromatic carbocycles. The maximum atomic E-state index is 6.03. The zero-order chi connectivity index (χ0) is 13.5. The molecule has 1 fully saturated rings. The molecule has 1 aliphatic heterocycles. The lowest BCUT2D eigenvalue weighted by Crippen LogP contribution is -2.35. The average molecular weight is 280 g/mol. The third kappa shape index (κ3) is 4.21. The number of ether oxygens (including phenoxy) is 1. The molecule has 1 aliphatic rings. The Hall–Kier alpha value is -0.550. The fourth-order valence-corrected chi connectivity index (χ4v) is 3.53. The lowest BCUT2D eigenvalue weighted by molar-refractivity contribution is 0.184. The summed E-state index contributed by atoms with van der Waals surface area (Å²) in [4.78, 5) is 2.53. The van der Waals surface area contributed by atoms with Gasteiger partial charge in [-0.05, 0) is 29.8 Å². The minimum atomic E-state index is 0.343. The van der Waals surface area contributed by atoms with Crippen molar-refractivity contribution in [1.29, 1.82) is 0 Å². The van der Waals surface area contributed by atoms with E-state index in [1.807, 2.05) is 0 Å². The predicted octanol–water partition coefficient (Wildman–Crippen LogP) is 2.27. The van der Waals surface area contributed by atoms with E-state index in [1.54, 1.807) is 7.11 Å². The van der Waals surface area contributed by atoms with E-state index in [0.717, 1.165) is 13.1 Å². The smallest absolute Gasteiger partial charge is 0.0713 e. The number of benzene rings is 1. The molecule has 1 aromatic rings. The summed E-state index contributed by atoms with van der Waals surface area (Å²) in [6, 6.07) is 8.99. The first-order chi connectivity index (χ1) is 9.35. The van der Waals surface area contributed by atoms with Crippen LogP contribution in [0.25, 0.3) is 0 Å². The zero-order valence-electron chi connectivity index (χ0n) is 11.7. The Balaban J connectivity index is 2.13.